The molecule has 3 aromatic rings. The second-order valence-electron chi connectivity index (χ2n) is 8.38. The third-order valence-electron chi connectivity index (χ3n) is 6.96. The molecule has 0 spiro atoms. The van der Waals surface area contributed by atoms with Crippen LogP contribution in [0.4, 0.5) is 5.69 Å². The van der Waals surface area contributed by atoms with Crippen molar-refractivity contribution < 1.29 is 14.4 Å². The van der Waals surface area contributed by atoms with Gasteiger partial charge in [-0.05, 0) is 41.3 Å². The van der Waals surface area contributed by atoms with Crippen molar-refractivity contribution in [3.8, 4) is 0 Å². The predicted molar refractivity (Wildman–Crippen MR) is 112 cm³/mol. The van der Waals surface area contributed by atoms with Crippen LogP contribution in [-0.2, 0) is 9.59 Å². The Morgan fingerprint density at radius 2 is 1.17 bits per heavy atom. The van der Waals surface area contributed by atoms with E-state index in [0.29, 0.717) is 11.3 Å². The number of nitrogens with zero attached hydrogens (tertiary/aromatic N) is 1. The first-order valence-corrected chi connectivity index (χ1v) is 10.2. The first kappa shape index (κ1) is 17.3. The molecule has 1 fully saturated rings. The molecule has 2 amide bonds. The monoisotopic (exact) mass is 393 g/mol. The van der Waals surface area contributed by atoms with Gasteiger partial charge in [0, 0.05) is 17.4 Å². The van der Waals surface area contributed by atoms with Crippen LogP contribution < -0.4 is 4.90 Å². The Kier molecular flexibility index (Phi) is 3.46. The number of ketones is 1. The van der Waals surface area contributed by atoms with Crippen molar-refractivity contribution in [1.82, 2.24) is 0 Å². The topological polar surface area (TPSA) is 54.5 Å². The lowest BCUT2D eigenvalue weighted by Crippen LogP contribution is -2.41. The van der Waals surface area contributed by atoms with Gasteiger partial charge in [-0.2, -0.15) is 0 Å². The zero-order valence-electron chi connectivity index (χ0n) is 16.4. The third-order valence-corrected chi connectivity index (χ3v) is 6.96. The summed E-state index contributed by atoms with van der Waals surface area (Å²) in [7, 11) is 0. The van der Waals surface area contributed by atoms with Crippen LogP contribution in [0.5, 0.6) is 0 Å². The number of rotatable bonds is 2. The number of carbonyl (C=O) groups is 3. The number of benzene rings is 3. The van der Waals surface area contributed by atoms with E-state index < -0.39 is 11.8 Å². The second kappa shape index (κ2) is 5.99. The van der Waals surface area contributed by atoms with E-state index in [1.165, 1.54) is 11.8 Å². The number of anilines is 1. The summed E-state index contributed by atoms with van der Waals surface area (Å²) in [6.07, 6.45) is 0. The van der Waals surface area contributed by atoms with E-state index in [1.807, 2.05) is 24.3 Å². The van der Waals surface area contributed by atoms with Crippen LogP contribution in [0, 0.1) is 11.8 Å². The summed E-state index contributed by atoms with van der Waals surface area (Å²) in [4.78, 5) is 40.5. The van der Waals surface area contributed by atoms with Gasteiger partial charge in [-0.1, -0.05) is 60.7 Å². The summed E-state index contributed by atoms with van der Waals surface area (Å²) in [5, 5.41) is 0. The number of amides is 2. The molecule has 4 heteroatoms. The van der Waals surface area contributed by atoms with Crippen molar-refractivity contribution in [2.24, 2.45) is 11.8 Å². The highest BCUT2D eigenvalue weighted by molar-refractivity contribution is 6.23. The first-order valence-electron chi connectivity index (χ1n) is 10.2. The molecule has 3 aromatic carbocycles. The Hall–Kier alpha value is -3.53. The molecule has 0 aromatic heterocycles. The van der Waals surface area contributed by atoms with E-state index in [-0.39, 0.29) is 29.4 Å². The van der Waals surface area contributed by atoms with Gasteiger partial charge < -0.3 is 0 Å². The van der Waals surface area contributed by atoms with Crippen LogP contribution in [0.1, 0.15) is 51.4 Å². The summed E-state index contributed by atoms with van der Waals surface area (Å²) in [6, 6.07) is 23.2. The van der Waals surface area contributed by atoms with Crippen LogP contribution in [0.25, 0.3) is 0 Å². The smallest absolute Gasteiger partial charge is 0.238 e. The van der Waals surface area contributed by atoms with Crippen molar-refractivity contribution in [3.05, 3.63) is 101 Å². The molecule has 2 atom stereocenters. The molecule has 7 rings (SSSR count). The van der Waals surface area contributed by atoms with Crippen molar-refractivity contribution in [2.45, 2.75) is 18.8 Å². The molecular weight excluding hydrogens is 374 g/mol. The molecule has 4 aliphatic rings. The SMILES string of the molecule is CC(=O)c1cccc(N2C(=O)[C@@H]3C4c5ccccc5C(c5ccccc54)[C@@H]3C2=O)c1. The second-order valence-corrected chi connectivity index (χ2v) is 8.38. The van der Waals surface area contributed by atoms with E-state index in [2.05, 4.69) is 24.3 Å². The largest absolute Gasteiger partial charge is 0.295 e. The summed E-state index contributed by atoms with van der Waals surface area (Å²) in [5.41, 5.74) is 5.61. The minimum atomic E-state index is -0.409. The van der Waals surface area contributed by atoms with Crippen LogP contribution in [-0.4, -0.2) is 17.6 Å². The number of imide groups is 1. The van der Waals surface area contributed by atoms with Gasteiger partial charge >= 0.3 is 0 Å². The lowest BCUT2D eigenvalue weighted by molar-refractivity contribution is -0.122. The third kappa shape index (κ3) is 2.08. The minimum absolute atomic E-state index is 0.0896. The maximum Gasteiger partial charge on any atom is 0.238 e. The van der Waals surface area contributed by atoms with Crippen LogP contribution in [0.2, 0.25) is 0 Å². The average molecular weight is 393 g/mol. The van der Waals surface area contributed by atoms with Gasteiger partial charge in [0.05, 0.1) is 17.5 Å². The van der Waals surface area contributed by atoms with Gasteiger partial charge in [0.25, 0.3) is 0 Å². The fraction of sp³-hybridized carbons (Fsp3) is 0.192. The Morgan fingerprint density at radius 1 is 0.700 bits per heavy atom. The van der Waals surface area contributed by atoms with Crippen LogP contribution in [0.3, 0.4) is 0 Å². The highest BCUT2D eigenvalue weighted by atomic mass is 16.2. The fourth-order valence-corrected chi connectivity index (χ4v) is 5.80. The van der Waals surface area contributed by atoms with Gasteiger partial charge in [0.2, 0.25) is 11.8 Å². The van der Waals surface area contributed by atoms with Gasteiger partial charge in [0.1, 0.15) is 0 Å². The summed E-state index contributed by atoms with van der Waals surface area (Å²) in [5.74, 6) is -1.47. The summed E-state index contributed by atoms with van der Waals surface area (Å²) < 4.78 is 0. The van der Waals surface area contributed by atoms with Crippen LogP contribution in [0.15, 0.2) is 72.8 Å². The molecule has 4 nitrogen and oxygen atoms in total. The van der Waals surface area contributed by atoms with E-state index in [9.17, 15) is 14.4 Å². The van der Waals surface area contributed by atoms with Gasteiger partial charge in [-0.3, -0.25) is 14.4 Å². The number of hydrogen-bond acceptors (Lipinski definition) is 3. The molecule has 1 aliphatic heterocycles. The number of carbonyl (C=O) groups excluding carboxylic acids is 3. The first-order chi connectivity index (χ1) is 14.6. The molecule has 1 heterocycles. The zero-order valence-corrected chi connectivity index (χ0v) is 16.4. The molecule has 0 unspecified atom stereocenters. The molecule has 1 saturated heterocycles. The molecule has 3 aliphatic carbocycles. The Bertz CT molecular complexity index is 1140. The highest BCUT2D eigenvalue weighted by Crippen LogP contribution is 2.61. The zero-order chi connectivity index (χ0) is 20.6. The maximum atomic E-state index is 13.7. The standard InChI is InChI=1S/C26H19NO3/c1-14(28)15-7-6-8-16(13-15)27-25(29)23-21-17-9-2-3-10-18(17)22(24(23)26(27)30)20-12-5-4-11-19(20)21/h2-13,21-24H,1H3/t21?,22?,23-,24+. The number of Topliss-reactive ketones (excluding diaryl/α,β-unsaturated/α-hetero) is 1. The van der Waals surface area contributed by atoms with E-state index in [4.69, 9.17) is 0 Å². The molecule has 146 valence electrons. The average Bonchev–Trinajstić information content (AvgIpc) is 3.04. The quantitative estimate of drug-likeness (QED) is 0.482. The molecule has 0 saturated carbocycles. The van der Waals surface area contributed by atoms with Gasteiger partial charge in [-0.15, -0.1) is 0 Å². The number of hydrogen-bond donors (Lipinski definition) is 0. The lowest BCUT2D eigenvalue weighted by atomic mass is 9.55. The lowest BCUT2D eigenvalue weighted by Gasteiger charge is -2.45. The van der Waals surface area contributed by atoms with Gasteiger partial charge in [-0.25, -0.2) is 4.90 Å². The van der Waals surface area contributed by atoms with Crippen molar-refractivity contribution in [3.63, 3.8) is 0 Å². The highest BCUT2D eigenvalue weighted by Gasteiger charge is 2.61. The van der Waals surface area contributed by atoms with Crippen molar-refractivity contribution in [1.29, 1.82) is 0 Å². The van der Waals surface area contributed by atoms with Crippen molar-refractivity contribution in [2.75, 3.05) is 4.90 Å². The minimum Gasteiger partial charge on any atom is -0.295 e. The van der Waals surface area contributed by atoms with Crippen molar-refractivity contribution >= 4 is 23.3 Å². The van der Waals surface area contributed by atoms with Gasteiger partial charge in [0.15, 0.2) is 5.78 Å². The molecule has 2 bridgehead atoms. The Morgan fingerprint density at radius 3 is 1.60 bits per heavy atom. The molecular formula is C26H19NO3. The Balaban J connectivity index is 1.54. The van der Waals surface area contributed by atoms with E-state index in [1.54, 1.807) is 24.3 Å². The maximum absolute atomic E-state index is 13.7. The van der Waals surface area contributed by atoms with E-state index in [0.717, 1.165) is 22.3 Å². The van der Waals surface area contributed by atoms with Crippen LogP contribution >= 0.6 is 0 Å². The summed E-state index contributed by atoms with van der Waals surface area (Å²) >= 11 is 0. The van der Waals surface area contributed by atoms with E-state index >= 15 is 0 Å². The molecule has 0 radical (unpaired) electrons. The molecule has 30 heavy (non-hydrogen) atoms. The molecule has 0 N–H and O–H groups in total. The Labute approximate surface area is 174 Å². The normalized spacial score (nSPS) is 25.7. The fourth-order valence-electron chi connectivity index (χ4n) is 5.80. The predicted octanol–water partition coefficient (Wildman–Crippen LogP) is 4.29. The summed E-state index contributed by atoms with van der Waals surface area (Å²) in [6.45, 7) is 1.49.